The van der Waals surface area contributed by atoms with E-state index in [-0.39, 0.29) is 23.6 Å². The molecule has 1 saturated carbocycles. The van der Waals surface area contributed by atoms with E-state index in [4.69, 9.17) is 0 Å². The predicted molar refractivity (Wildman–Crippen MR) is 97.9 cm³/mol. The second kappa shape index (κ2) is 6.67. The Balaban J connectivity index is 1.31. The third kappa shape index (κ3) is 3.41. The summed E-state index contributed by atoms with van der Waals surface area (Å²) in [6.07, 6.45) is 1.54. The number of amides is 1. The molecule has 0 aromatic heterocycles. The van der Waals surface area contributed by atoms with Crippen molar-refractivity contribution >= 4 is 16.7 Å². The van der Waals surface area contributed by atoms with Crippen molar-refractivity contribution in [2.75, 3.05) is 6.54 Å². The predicted octanol–water partition coefficient (Wildman–Crippen LogP) is 4.44. The fraction of sp³-hybridized carbons (Fsp3) is 0.227. The maximum atomic E-state index is 13.8. The lowest BCUT2D eigenvalue weighted by molar-refractivity contribution is -0.122. The Bertz CT molecular complexity index is 921. The van der Waals surface area contributed by atoms with E-state index >= 15 is 0 Å². The largest absolute Gasteiger partial charge is 0.356 e. The highest BCUT2D eigenvalue weighted by molar-refractivity contribution is 5.83. The highest BCUT2D eigenvalue weighted by atomic mass is 19.1. The third-order valence-electron chi connectivity index (χ3n) is 4.96. The van der Waals surface area contributed by atoms with Gasteiger partial charge in [-0.3, -0.25) is 4.79 Å². The first-order valence-corrected chi connectivity index (χ1v) is 8.72. The lowest BCUT2D eigenvalue weighted by atomic mass is 10.1. The minimum Gasteiger partial charge on any atom is -0.356 e. The standard InChI is InChI=1S/C22H20FNO/c23-21-8-4-3-7-18(21)19-14-20(19)22(25)24-12-11-15-9-10-16-5-1-2-6-17(16)13-15/h1-10,13,19-20H,11-12,14H2,(H,24,25). The second-order valence-corrected chi connectivity index (χ2v) is 6.69. The van der Waals surface area contributed by atoms with Crippen LogP contribution >= 0.6 is 0 Å². The first kappa shape index (κ1) is 15.8. The molecule has 25 heavy (non-hydrogen) atoms. The molecule has 0 radical (unpaired) electrons. The SMILES string of the molecule is O=C(NCCc1ccc2ccccc2c1)C1CC1c1ccccc1F. The van der Waals surface area contributed by atoms with Gasteiger partial charge in [-0.25, -0.2) is 4.39 Å². The minimum absolute atomic E-state index is 0.0295. The van der Waals surface area contributed by atoms with Crippen molar-refractivity contribution in [3.8, 4) is 0 Å². The summed E-state index contributed by atoms with van der Waals surface area (Å²) in [6.45, 7) is 0.609. The van der Waals surface area contributed by atoms with Crippen LogP contribution in [0, 0.1) is 11.7 Å². The van der Waals surface area contributed by atoms with E-state index in [9.17, 15) is 9.18 Å². The topological polar surface area (TPSA) is 29.1 Å². The van der Waals surface area contributed by atoms with Crippen molar-refractivity contribution < 1.29 is 9.18 Å². The van der Waals surface area contributed by atoms with Crippen molar-refractivity contribution in [3.63, 3.8) is 0 Å². The van der Waals surface area contributed by atoms with Crippen LogP contribution in [-0.2, 0) is 11.2 Å². The quantitative estimate of drug-likeness (QED) is 0.735. The molecule has 0 heterocycles. The Labute approximate surface area is 146 Å². The van der Waals surface area contributed by atoms with E-state index in [1.807, 2.05) is 18.2 Å². The summed E-state index contributed by atoms with van der Waals surface area (Å²) in [6, 6.07) is 21.4. The van der Waals surface area contributed by atoms with Gasteiger partial charge in [0.1, 0.15) is 5.82 Å². The molecule has 3 aromatic carbocycles. The Kier molecular flexibility index (Phi) is 4.22. The number of benzene rings is 3. The van der Waals surface area contributed by atoms with Gasteiger partial charge in [0.25, 0.3) is 0 Å². The molecule has 2 atom stereocenters. The van der Waals surface area contributed by atoms with Gasteiger partial charge >= 0.3 is 0 Å². The van der Waals surface area contributed by atoms with Crippen LogP contribution in [-0.4, -0.2) is 12.5 Å². The average Bonchev–Trinajstić information content (AvgIpc) is 3.42. The molecule has 1 amide bonds. The van der Waals surface area contributed by atoms with Gasteiger partial charge in [0.15, 0.2) is 0 Å². The number of rotatable bonds is 5. The number of carbonyl (C=O) groups is 1. The Morgan fingerprint density at radius 1 is 1.00 bits per heavy atom. The van der Waals surface area contributed by atoms with Crippen molar-refractivity contribution in [2.24, 2.45) is 5.92 Å². The van der Waals surface area contributed by atoms with Gasteiger partial charge in [0.05, 0.1) is 0 Å². The van der Waals surface area contributed by atoms with Crippen molar-refractivity contribution in [2.45, 2.75) is 18.8 Å². The molecule has 0 bridgehead atoms. The monoisotopic (exact) mass is 333 g/mol. The molecule has 0 spiro atoms. The molecule has 2 nitrogen and oxygen atoms in total. The molecule has 0 aliphatic heterocycles. The smallest absolute Gasteiger partial charge is 0.223 e. The second-order valence-electron chi connectivity index (χ2n) is 6.69. The third-order valence-corrected chi connectivity index (χ3v) is 4.96. The van der Waals surface area contributed by atoms with Gasteiger partial charge in [-0.1, -0.05) is 60.7 Å². The molecular formula is C22H20FNO. The summed E-state index contributed by atoms with van der Waals surface area (Å²) >= 11 is 0. The minimum atomic E-state index is -0.209. The number of fused-ring (bicyclic) bond motifs is 1. The van der Waals surface area contributed by atoms with Crippen molar-refractivity contribution in [1.82, 2.24) is 5.32 Å². The fourth-order valence-corrected chi connectivity index (χ4v) is 3.46. The number of carbonyl (C=O) groups excluding carboxylic acids is 1. The zero-order valence-corrected chi connectivity index (χ0v) is 13.9. The molecule has 126 valence electrons. The van der Waals surface area contributed by atoms with Crippen LogP contribution in [0.25, 0.3) is 10.8 Å². The molecule has 3 aromatic rings. The number of halogens is 1. The Morgan fingerprint density at radius 2 is 1.76 bits per heavy atom. The fourth-order valence-electron chi connectivity index (χ4n) is 3.46. The van der Waals surface area contributed by atoms with Crippen LogP contribution in [0.3, 0.4) is 0 Å². The number of hydrogen-bond donors (Lipinski definition) is 1. The molecular weight excluding hydrogens is 313 g/mol. The maximum absolute atomic E-state index is 13.8. The first-order valence-electron chi connectivity index (χ1n) is 8.72. The Hall–Kier alpha value is -2.68. The van der Waals surface area contributed by atoms with E-state index in [0.717, 1.165) is 12.8 Å². The van der Waals surface area contributed by atoms with Crippen LogP contribution in [0.15, 0.2) is 66.7 Å². The van der Waals surface area contributed by atoms with E-state index in [2.05, 4.69) is 35.6 Å². The summed E-state index contributed by atoms with van der Waals surface area (Å²) in [5.41, 5.74) is 1.87. The number of nitrogens with one attached hydrogen (secondary N) is 1. The van der Waals surface area contributed by atoms with E-state index in [1.165, 1.54) is 22.4 Å². The molecule has 3 heteroatoms. The first-order chi connectivity index (χ1) is 12.2. The van der Waals surface area contributed by atoms with Gasteiger partial charge < -0.3 is 5.32 Å². The zero-order chi connectivity index (χ0) is 17.2. The molecule has 1 aliphatic rings. The van der Waals surface area contributed by atoms with E-state index < -0.39 is 0 Å². The lowest BCUT2D eigenvalue weighted by Crippen LogP contribution is -2.27. The maximum Gasteiger partial charge on any atom is 0.223 e. The molecule has 0 saturated heterocycles. The molecule has 1 fully saturated rings. The summed E-state index contributed by atoms with van der Waals surface area (Å²) in [5.74, 6) is -0.233. The van der Waals surface area contributed by atoms with Crippen LogP contribution < -0.4 is 5.32 Å². The van der Waals surface area contributed by atoms with E-state index in [1.54, 1.807) is 12.1 Å². The normalized spacial score (nSPS) is 18.9. The average molecular weight is 333 g/mol. The van der Waals surface area contributed by atoms with Crippen molar-refractivity contribution in [1.29, 1.82) is 0 Å². The van der Waals surface area contributed by atoms with Gasteiger partial charge in [-0.05, 0) is 46.7 Å². The summed E-state index contributed by atoms with van der Waals surface area (Å²) in [4.78, 5) is 12.3. The van der Waals surface area contributed by atoms with Crippen LogP contribution in [0.5, 0.6) is 0 Å². The van der Waals surface area contributed by atoms with E-state index in [0.29, 0.717) is 12.1 Å². The highest BCUT2D eigenvalue weighted by Gasteiger charge is 2.44. The molecule has 1 N–H and O–H groups in total. The van der Waals surface area contributed by atoms with Gasteiger partial charge in [0, 0.05) is 12.5 Å². The summed E-state index contributed by atoms with van der Waals surface area (Å²) < 4.78 is 13.8. The Morgan fingerprint density at radius 3 is 2.60 bits per heavy atom. The summed E-state index contributed by atoms with van der Waals surface area (Å²) in [5, 5.41) is 5.44. The van der Waals surface area contributed by atoms with Gasteiger partial charge in [-0.15, -0.1) is 0 Å². The van der Waals surface area contributed by atoms with Gasteiger partial charge in [-0.2, -0.15) is 0 Å². The molecule has 1 aliphatic carbocycles. The van der Waals surface area contributed by atoms with Crippen LogP contribution in [0.1, 0.15) is 23.5 Å². The number of hydrogen-bond acceptors (Lipinski definition) is 1. The molecule has 4 rings (SSSR count). The van der Waals surface area contributed by atoms with Gasteiger partial charge in [0.2, 0.25) is 5.91 Å². The van der Waals surface area contributed by atoms with Crippen molar-refractivity contribution in [3.05, 3.63) is 83.7 Å². The molecule has 2 unspecified atom stereocenters. The highest BCUT2D eigenvalue weighted by Crippen LogP contribution is 2.48. The van der Waals surface area contributed by atoms with Crippen LogP contribution in [0.4, 0.5) is 4.39 Å². The van der Waals surface area contributed by atoms with Crippen LogP contribution in [0.2, 0.25) is 0 Å². The lowest BCUT2D eigenvalue weighted by Gasteiger charge is -2.07. The summed E-state index contributed by atoms with van der Waals surface area (Å²) in [7, 11) is 0. The zero-order valence-electron chi connectivity index (χ0n) is 13.9.